The second-order valence-electron chi connectivity index (χ2n) is 5.26. The van der Waals surface area contributed by atoms with E-state index in [1.54, 1.807) is 12.1 Å². The predicted molar refractivity (Wildman–Crippen MR) is 78.9 cm³/mol. The Morgan fingerprint density at radius 2 is 1.91 bits per heavy atom. The van der Waals surface area contributed by atoms with Crippen molar-refractivity contribution in [2.24, 2.45) is 5.92 Å². The summed E-state index contributed by atoms with van der Waals surface area (Å²) in [5.41, 5.74) is 0.349. The number of carbonyl (C=O) groups is 3. The van der Waals surface area contributed by atoms with Gasteiger partial charge in [0.25, 0.3) is 0 Å². The van der Waals surface area contributed by atoms with Crippen LogP contribution in [-0.2, 0) is 19.1 Å². The molecular weight excluding hydrogens is 304 g/mol. The summed E-state index contributed by atoms with van der Waals surface area (Å²) >= 11 is 0. The highest BCUT2D eigenvalue weighted by Crippen LogP contribution is 2.27. The van der Waals surface area contributed by atoms with Crippen molar-refractivity contribution >= 4 is 23.5 Å². The third-order valence-electron chi connectivity index (χ3n) is 3.68. The number of anilines is 1. The normalized spacial score (nSPS) is 20.4. The van der Waals surface area contributed by atoms with Crippen LogP contribution in [0.4, 0.5) is 5.69 Å². The van der Waals surface area contributed by atoms with Crippen molar-refractivity contribution in [3.8, 4) is 5.88 Å². The Hall–Kier alpha value is -2.64. The van der Waals surface area contributed by atoms with E-state index < -0.39 is 17.8 Å². The fourth-order valence-corrected chi connectivity index (χ4v) is 2.40. The van der Waals surface area contributed by atoms with E-state index in [9.17, 15) is 14.4 Å². The topological polar surface area (TPSA) is 115 Å². The number of aromatic nitrogens is 1. The van der Waals surface area contributed by atoms with Crippen LogP contribution in [0.3, 0.4) is 0 Å². The van der Waals surface area contributed by atoms with Crippen molar-refractivity contribution in [1.82, 2.24) is 4.98 Å². The summed E-state index contributed by atoms with van der Waals surface area (Å²) in [5, 5.41) is 11.3. The number of esters is 1. The molecule has 1 aromatic heterocycles. The van der Waals surface area contributed by atoms with Gasteiger partial charge in [-0.25, -0.2) is 9.78 Å². The van der Waals surface area contributed by atoms with Gasteiger partial charge in [-0.2, -0.15) is 0 Å². The summed E-state index contributed by atoms with van der Waals surface area (Å²) < 4.78 is 10.00. The maximum atomic E-state index is 11.3. The fraction of sp³-hybridized carbons (Fsp3) is 0.467. The fourth-order valence-electron chi connectivity index (χ4n) is 2.40. The quantitative estimate of drug-likeness (QED) is 0.632. The van der Waals surface area contributed by atoms with Crippen LogP contribution in [0.15, 0.2) is 18.3 Å². The van der Waals surface area contributed by atoms with E-state index in [-0.39, 0.29) is 12.0 Å². The smallest absolute Gasteiger partial charge is 0.396 e. The molecule has 1 aliphatic carbocycles. The Morgan fingerprint density at radius 3 is 2.43 bits per heavy atom. The molecule has 124 valence electrons. The molecule has 0 saturated heterocycles. The summed E-state index contributed by atoms with van der Waals surface area (Å²) in [7, 11) is 1.12. The lowest BCUT2D eigenvalue weighted by Gasteiger charge is -2.26. The lowest BCUT2D eigenvalue weighted by Crippen LogP contribution is -2.28. The minimum absolute atomic E-state index is 0.0615. The lowest BCUT2D eigenvalue weighted by molar-refractivity contribution is -0.150. The van der Waals surface area contributed by atoms with E-state index in [4.69, 9.17) is 9.84 Å². The predicted octanol–water partition coefficient (Wildman–Crippen LogP) is 1.22. The highest BCUT2D eigenvalue weighted by Gasteiger charge is 2.27. The van der Waals surface area contributed by atoms with Gasteiger partial charge < -0.3 is 19.9 Å². The first-order valence-electron chi connectivity index (χ1n) is 7.24. The Balaban J connectivity index is 1.85. The van der Waals surface area contributed by atoms with Crippen LogP contribution in [0, 0.1) is 5.92 Å². The summed E-state index contributed by atoms with van der Waals surface area (Å²) in [4.78, 5) is 37.3. The number of carboxylic acids is 1. The third-order valence-corrected chi connectivity index (χ3v) is 3.68. The molecule has 2 rings (SSSR count). The average Bonchev–Trinajstić information content (AvgIpc) is 2.56. The highest BCUT2D eigenvalue weighted by molar-refractivity contribution is 6.37. The van der Waals surface area contributed by atoms with Crippen LogP contribution in [0.1, 0.15) is 25.7 Å². The van der Waals surface area contributed by atoms with Gasteiger partial charge in [-0.1, -0.05) is 0 Å². The summed E-state index contributed by atoms with van der Waals surface area (Å²) in [6.45, 7) is 0. The van der Waals surface area contributed by atoms with E-state index in [1.165, 1.54) is 6.20 Å². The largest absolute Gasteiger partial charge is 0.481 e. The SMILES string of the molecule is COC(=O)C(=O)Nc1ccc(OC2CCC(C(=O)O)CC2)nc1. The van der Waals surface area contributed by atoms with Crippen molar-refractivity contribution in [3.63, 3.8) is 0 Å². The molecule has 0 radical (unpaired) electrons. The second-order valence-corrected chi connectivity index (χ2v) is 5.26. The molecular formula is C15H18N2O6. The zero-order valence-electron chi connectivity index (χ0n) is 12.7. The third kappa shape index (κ3) is 4.67. The molecule has 0 aliphatic heterocycles. The molecule has 2 N–H and O–H groups in total. The zero-order chi connectivity index (χ0) is 16.8. The van der Waals surface area contributed by atoms with Gasteiger partial charge >= 0.3 is 17.8 Å². The molecule has 1 amide bonds. The molecule has 1 saturated carbocycles. The number of ether oxygens (including phenoxy) is 2. The first kappa shape index (κ1) is 16.7. The molecule has 8 nitrogen and oxygen atoms in total. The van der Waals surface area contributed by atoms with Crippen molar-refractivity contribution in [1.29, 1.82) is 0 Å². The number of nitrogens with zero attached hydrogens (tertiary/aromatic N) is 1. The van der Waals surface area contributed by atoms with Gasteiger partial charge in [0.05, 0.1) is 24.9 Å². The molecule has 1 aromatic rings. The zero-order valence-corrected chi connectivity index (χ0v) is 12.7. The molecule has 0 unspecified atom stereocenters. The van der Waals surface area contributed by atoms with Crippen LogP contribution in [0.2, 0.25) is 0 Å². The summed E-state index contributed by atoms with van der Waals surface area (Å²) in [5.74, 6) is -2.53. The Labute approximate surface area is 132 Å². The van der Waals surface area contributed by atoms with Gasteiger partial charge in [-0.05, 0) is 31.7 Å². The number of carboxylic acid groups (broad SMARTS) is 1. The van der Waals surface area contributed by atoms with E-state index in [2.05, 4.69) is 15.0 Å². The molecule has 1 heterocycles. The van der Waals surface area contributed by atoms with Crippen molar-refractivity contribution in [3.05, 3.63) is 18.3 Å². The van der Waals surface area contributed by atoms with Crippen LogP contribution < -0.4 is 10.1 Å². The van der Waals surface area contributed by atoms with Crippen LogP contribution in [0.5, 0.6) is 5.88 Å². The van der Waals surface area contributed by atoms with Crippen molar-refractivity contribution < 1.29 is 29.0 Å². The Bertz CT molecular complexity index is 578. The molecule has 0 bridgehead atoms. The first-order chi connectivity index (χ1) is 11.0. The average molecular weight is 322 g/mol. The maximum Gasteiger partial charge on any atom is 0.396 e. The minimum atomic E-state index is -0.986. The Morgan fingerprint density at radius 1 is 1.22 bits per heavy atom. The number of methoxy groups -OCH3 is 1. The van der Waals surface area contributed by atoms with Crippen LogP contribution in [-0.4, -0.2) is 41.2 Å². The lowest BCUT2D eigenvalue weighted by atomic mass is 9.87. The standard InChI is InChI=1S/C15H18N2O6/c1-22-15(21)13(18)17-10-4-7-12(16-8-10)23-11-5-2-9(3-6-11)14(19)20/h4,7-9,11H,2-3,5-6H2,1H3,(H,17,18)(H,19,20). The van der Waals surface area contributed by atoms with E-state index in [1.807, 2.05) is 0 Å². The van der Waals surface area contributed by atoms with E-state index >= 15 is 0 Å². The number of hydrogen-bond donors (Lipinski definition) is 2. The number of carbonyl (C=O) groups excluding carboxylic acids is 2. The van der Waals surface area contributed by atoms with Gasteiger partial charge in [-0.15, -0.1) is 0 Å². The van der Waals surface area contributed by atoms with E-state index in [0.717, 1.165) is 7.11 Å². The van der Waals surface area contributed by atoms with Crippen molar-refractivity contribution in [2.75, 3.05) is 12.4 Å². The Kier molecular flexibility index (Phi) is 5.51. The van der Waals surface area contributed by atoms with Gasteiger partial charge in [-0.3, -0.25) is 9.59 Å². The van der Waals surface area contributed by atoms with Gasteiger partial charge in [0.1, 0.15) is 6.10 Å². The number of nitrogens with one attached hydrogen (secondary N) is 1. The minimum Gasteiger partial charge on any atom is -0.481 e. The van der Waals surface area contributed by atoms with Crippen LogP contribution in [0.25, 0.3) is 0 Å². The first-order valence-corrected chi connectivity index (χ1v) is 7.24. The van der Waals surface area contributed by atoms with Crippen molar-refractivity contribution in [2.45, 2.75) is 31.8 Å². The van der Waals surface area contributed by atoms with Crippen LogP contribution >= 0.6 is 0 Å². The summed E-state index contributed by atoms with van der Waals surface area (Å²) in [6, 6.07) is 3.14. The molecule has 1 aliphatic rings. The number of hydrogen-bond acceptors (Lipinski definition) is 6. The second kappa shape index (κ2) is 7.57. The van der Waals surface area contributed by atoms with Gasteiger partial charge in [0.15, 0.2) is 0 Å². The van der Waals surface area contributed by atoms with Gasteiger partial charge in [0, 0.05) is 6.07 Å². The number of rotatable bonds is 4. The van der Waals surface area contributed by atoms with Gasteiger partial charge in [0.2, 0.25) is 5.88 Å². The molecule has 0 atom stereocenters. The molecule has 23 heavy (non-hydrogen) atoms. The highest BCUT2D eigenvalue weighted by atomic mass is 16.5. The monoisotopic (exact) mass is 322 g/mol. The summed E-state index contributed by atoms with van der Waals surface area (Å²) in [6.07, 6.45) is 3.83. The number of amides is 1. The maximum absolute atomic E-state index is 11.3. The molecule has 0 spiro atoms. The molecule has 0 aromatic carbocycles. The molecule has 8 heteroatoms. The van der Waals surface area contributed by atoms with E-state index in [0.29, 0.717) is 37.3 Å². The molecule has 1 fully saturated rings. The number of aliphatic carboxylic acids is 1. The number of pyridine rings is 1.